The largest absolute Gasteiger partial charge is 0.493 e. The number of carbonyl (C=O) groups excluding carboxylic acids is 1. The zero-order chi connectivity index (χ0) is 25.8. The second-order valence-corrected chi connectivity index (χ2v) is 8.60. The summed E-state index contributed by atoms with van der Waals surface area (Å²) in [6.45, 7) is 1.98. The van der Waals surface area contributed by atoms with E-state index in [0.717, 1.165) is 15.8 Å². The van der Waals surface area contributed by atoms with Gasteiger partial charge in [0.1, 0.15) is 0 Å². The quantitative estimate of drug-likeness (QED) is 0.183. The number of aromatic nitrogens is 1. The van der Waals surface area contributed by atoms with Gasteiger partial charge in [0.25, 0.3) is 11.6 Å². The molecule has 0 N–H and O–H groups in total. The molecule has 1 aromatic heterocycles. The van der Waals surface area contributed by atoms with Gasteiger partial charge in [-0.2, -0.15) is 10.1 Å². The van der Waals surface area contributed by atoms with Crippen LogP contribution in [0.1, 0.15) is 21.5 Å². The Bertz CT molecular complexity index is 1440. The maximum Gasteiger partial charge on any atom is 0.281 e. The van der Waals surface area contributed by atoms with E-state index in [1.165, 1.54) is 68.2 Å². The Morgan fingerprint density at radius 1 is 1.03 bits per heavy atom. The van der Waals surface area contributed by atoms with Crippen LogP contribution in [0.5, 0.6) is 17.2 Å². The van der Waals surface area contributed by atoms with E-state index in [9.17, 15) is 14.9 Å². The van der Waals surface area contributed by atoms with Gasteiger partial charge < -0.3 is 14.2 Å². The van der Waals surface area contributed by atoms with Gasteiger partial charge in [-0.1, -0.05) is 17.4 Å². The lowest BCUT2D eigenvalue weighted by atomic mass is 10.1. The first kappa shape index (κ1) is 24.6. The number of hydrazone groups is 1. The number of hydrogen-bond acceptors (Lipinski definition) is 9. The lowest BCUT2D eigenvalue weighted by molar-refractivity contribution is -0.384. The molecule has 0 fully saturated rings. The maximum atomic E-state index is 13.7. The van der Waals surface area contributed by atoms with Gasteiger partial charge in [-0.05, 0) is 54.4 Å². The molecule has 0 aliphatic carbocycles. The summed E-state index contributed by atoms with van der Waals surface area (Å²) < 4.78 is 17.0. The van der Waals surface area contributed by atoms with Crippen LogP contribution < -0.4 is 19.2 Å². The zero-order valence-corrected chi connectivity index (χ0v) is 20.7. The molecule has 36 heavy (non-hydrogen) atoms. The second-order valence-electron chi connectivity index (χ2n) is 7.59. The number of fused-ring (bicyclic) bond motifs is 1. The van der Waals surface area contributed by atoms with E-state index in [-0.39, 0.29) is 11.3 Å². The highest BCUT2D eigenvalue weighted by molar-refractivity contribution is 7.22. The van der Waals surface area contributed by atoms with Gasteiger partial charge in [0.2, 0.25) is 10.9 Å². The first-order valence-electron chi connectivity index (χ1n) is 10.6. The number of nitro groups is 1. The van der Waals surface area contributed by atoms with Gasteiger partial charge in [0.05, 0.1) is 42.7 Å². The summed E-state index contributed by atoms with van der Waals surface area (Å²) >= 11 is 1.32. The molecule has 0 spiro atoms. The molecule has 4 rings (SSSR count). The maximum absolute atomic E-state index is 13.7. The lowest BCUT2D eigenvalue weighted by Crippen LogP contribution is -2.25. The number of aryl methyl sites for hydroxylation is 1. The fourth-order valence-electron chi connectivity index (χ4n) is 3.43. The molecule has 10 nitrogen and oxygen atoms in total. The van der Waals surface area contributed by atoms with Crippen LogP contribution in [0.2, 0.25) is 0 Å². The third kappa shape index (κ3) is 4.96. The molecule has 0 aliphatic rings. The molecule has 11 heteroatoms. The zero-order valence-electron chi connectivity index (χ0n) is 19.9. The number of ether oxygens (including phenoxy) is 3. The molecule has 0 bridgehead atoms. The van der Waals surface area contributed by atoms with Crippen LogP contribution in [0.3, 0.4) is 0 Å². The summed E-state index contributed by atoms with van der Waals surface area (Å²) in [6.07, 6.45) is 1.44. The molecule has 0 unspecified atom stereocenters. The summed E-state index contributed by atoms with van der Waals surface area (Å²) in [5.74, 6) is 0.509. The third-order valence-corrected chi connectivity index (χ3v) is 6.24. The van der Waals surface area contributed by atoms with E-state index in [2.05, 4.69) is 10.1 Å². The number of rotatable bonds is 8. The average molecular weight is 507 g/mol. The number of carbonyl (C=O) groups is 1. The molecule has 0 saturated heterocycles. The van der Waals surface area contributed by atoms with E-state index in [1.54, 1.807) is 12.1 Å². The Morgan fingerprint density at radius 2 is 1.69 bits per heavy atom. The van der Waals surface area contributed by atoms with E-state index in [4.69, 9.17) is 14.2 Å². The topological polar surface area (TPSA) is 116 Å². The van der Waals surface area contributed by atoms with Crippen molar-refractivity contribution in [2.45, 2.75) is 6.92 Å². The highest BCUT2D eigenvalue weighted by atomic mass is 32.1. The van der Waals surface area contributed by atoms with Crippen molar-refractivity contribution < 1.29 is 23.9 Å². The fourth-order valence-corrected chi connectivity index (χ4v) is 4.45. The van der Waals surface area contributed by atoms with Crippen LogP contribution in [0.25, 0.3) is 10.2 Å². The van der Waals surface area contributed by atoms with Crippen molar-refractivity contribution in [1.29, 1.82) is 0 Å². The lowest BCUT2D eigenvalue weighted by Gasteiger charge is -2.17. The highest BCUT2D eigenvalue weighted by Crippen LogP contribution is 2.39. The van der Waals surface area contributed by atoms with Crippen molar-refractivity contribution >= 4 is 44.5 Å². The number of anilines is 1. The number of nitro benzene ring substituents is 1. The Balaban J connectivity index is 1.79. The smallest absolute Gasteiger partial charge is 0.281 e. The van der Waals surface area contributed by atoms with Crippen LogP contribution in [-0.2, 0) is 0 Å². The Hall–Kier alpha value is -4.51. The van der Waals surface area contributed by atoms with Crippen molar-refractivity contribution in [1.82, 2.24) is 4.98 Å². The van der Waals surface area contributed by atoms with Gasteiger partial charge in [-0.15, -0.1) is 0 Å². The van der Waals surface area contributed by atoms with Gasteiger partial charge in [0.15, 0.2) is 11.5 Å². The van der Waals surface area contributed by atoms with Crippen molar-refractivity contribution in [2.24, 2.45) is 5.10 Å². The molecule has 4 aromatic rings. The molecule has 0 aliphatic heterocycles. The van der Waals surface area contributed by atoms with Gasteiger partial charge in [-0.3, -0.25) is 14.9 Å². The molecule has 3 aromatic carbocycles. The van der Waals surface area contributed by atoms with E-state index in [1.807, 2.05) is 25.1 Å². The minimum Gasteiger partial charge on any atom is -0.493 e. The number of non-ortho nitro benzene ring substituents is 1. The summed E-state index contributed by atoms with van der Waals surface area (Å²) in [5, 5.41) is 16.9. The minimum atomic E-state index is -0.483. The molecular formula is C25H22N4O6S. The third-order valence-electron chi connectivity index (χ3n) is 5.24. The standard InChI is InChI=1S/C25H22N4O6S/c1-15-5-10-19-22(11-15)36-25(27-19)28(26-14-16-6-8-18(9-7-16)29(31)32)24(30)17-12-20(33-2)23(35-4)21(13-17)34-3/h5-14H,1-4H3/b26-14+. The normalized spacial score (nSPS) is 11.0. The number of nitrogens with zero attached hydrogens (tertiary/aromatic N) is 4. The average Bonchev–Trinajstić information content (AvgIpc) is 3.30. The Labute approximate surface area is 210 Å². The number of methoxy groups -OCH3 is 3. The summed E-state index contributed by atoms with van der Waals surface area (Å²) in [4.78, 5) is 28.8. The van der Waals surface area contributed by atoms with Gasteiger partial charge >= 0.3 is 0 Å². The van der Waals surface area contributed by atoms with E-state index in [0.29, 0.717) is 27.9 Å². The molecule has 1 heterocycles. The fraction of sp³-hybridized carbons (Fsp3) is 0.160. The monoisotopic (exact) mass is 506 g/mol. The van der Waals surface area contributed by atoms with Crippen LogP contribution in [0.4, 0.5) is 10.8 Å². The molecule has 1 amide bonds. The SMILES string of the molecule is COc1cc(C(=O)N(/N=C/c2ccc([N+](=O)[O-])cc2)c2nc3ccc(C)cc3s2)cc(OC)c1OC. The predicted octanol–water partition coefficient (Wildman–Crippen LogP) is 5.22. The van der Waals surface area contributed by atoms with Crippen molar-refractivity contribution in [3.63, 3.8) is 0 Å². The highest BCUT2D eigenvalue weighted by Gasteiger charge is 2.24. The van der Waals surface area contributed by atoms with Gasteiger partial charge in [0, 0.05) is 17.7 Å². The summed E-state index contributed by atoms with van der Waals surface area (Å²) in [6, 6.07) is 14.7. The number of amides is 1. The van der Waals surface area contributed by atoms with Crippen LogP contribution in [0.15, 0.2) is 59.7 Å². The van der Waals surface area contributed by atoms with E-state index >= 15 is 0 Å². The van der Waals surface area contributed by atoms with Crippen molar-refractivity contribution in [3.8, 4) is 17.2 Å². The molecular weight excluding hydrogens is 484 g/mol. The molecule has 0 saturated carbocycles. The van der Waals surface area contributed by atoms with Gasteiger partial charge in [-0.25, -0.2) is 4.98 Å². The Morgan fingerprint density at radius 3 is 2.28 bits per heavy atom. The first-order chi connectivity index (χ1) is 17.3. The van der Waals surface area contributed by atoms with E-state index < -0.39 is 10.8 Å². The molecule has 0 radical (unpaired) electrons. The second kappa shape index (κ2) is 10.4. The van der Waals surface area contributed by atoms with Crippen LogP contribution >= 0.6 is 11.3 Å². The predicted molar refractivity (Wildman–Crippen MR) is 138 cm³/mol. The van der Waals surface area contributed by atoms with Crippen LogP contribution in [-0.4, -0.2) is 43.4 Å². The Kier molecular flexibility index (Phi) is 7.11. The summed E-state index contributed by atoms with van der Waals surface area (Å²) in [7, 11) is 4.41. The van der Waals surface area contributed by atoms with Crippen LogP contribution in [0, 0.1) is 17.0 Å². The molecule has 184 valence electrons. The first-order valence-corrected chi connectivity index (χ1v) is 11.5. The number of benzene rings is 3. The molecule has 0 atom stereocenters. The number of hydrogen-bond donors (Lipinski definition) is 0. The summed E-state index contributed by atoms with van der Waals surface area (Å²) in [5.41, 5.74) is 2.56. The van der Waals surface area contributed by atoms with Crippen molar-refractivity contribution in [3.05, 3.63) is 81.4 Å². The van der Waals surface area contributed by atoms with Crippen molar-refractivity contribution in [2.75, 3.05) is 26.3 Å². The number of thiazole rings is 1. The minimum absolute atomic E-state index is 0.0425.